The number of hydrogen-bond acceptors (Lipinski definition) is 9. The van der Waals surface area contributed by atoms with E-state index in [4.69, 9.17) is 13.9 Å². The zero-order chi connectivity index (χ0) is 25.7. The summed E-state index contributed by atoms with van der Waals surface area (Å²) in [5.41, 5.74) is -1.38. The number of piperidine rings is 1. The molecule has 4 amide bonds. The fourth-order valence-electron chi connectivity index (χ4n) is 4.59. The van der Waals surface area contributed by atoms with Crippen LogP contribution in [0, 0.1) is 0 Å². The van der Waals surface area contributed by atoms with E-state index in [1.54, 1.807) is 41.5 Å². The van der Waals surface area contributed by atoms with Crippen molar-refractivity contribution in [1.82, 2.24) is 30.4 Å². The van der Waals surface area contributed by atoms with Crippen LogP contribution in [0.4, 0.5) is 14.4 Å². The van der Waals surface area contributed by atoms with Crippen molar-refractivity contribution in [2.24, 2.45) is 0 Å². The number of urea groups is 1. The summed E-state index contributed by atoms with van der Waals surface area (Å²) in [7, 11) is 0. The van der Waals surface area contributed by atoms with Gasteiger partial charge in [-0.1, -0.05) is 0 Å². The minimum absolute atomic E-state index is 0.172. The lowest BCUT2D eigenvalue weighted by Crippen LogP contribution is -2.42. The molecular weight excluding hydrogens is 460 g/mol. The lowest BCUT2D eigenvalue weighted by Gasteiger charge is -2.28. The molecule has 1 aromatic rings. The number of hydrogen-bond donors (Lipinski definition) is 2. The van der Waals surface area contributed by atoms with Crippen LogP contribution in [0.1, 0.15) is 84.7 Å². The highest BCUT2D eigenvalue weighted by Gasteiger charge is 2.48. The quantitative estimate of drug-likeness (QED) is 0.604. The van der Waals surface area contributed by atoms with E-state index in [0.29, 0.717) is 25.8 Å². The average molecular weight is 495 g/mol. The molecule has 3 saturated heterocycles. The summed E-state index contributed by atoms with van der Waals surface area (Å²) in [5.74, 6) is 0.434. The summed E-state index contributed by atoms with van der Waals surface area (Å²) in [6.45, 7) is 11.2. The molecule has 0 aromatic carbocycles. The predicted octanol–water partition coefficient (Wildman–Crippen LogP) is 2.98. The molecule has 13 heteroatoms. The first-order valence-electron chi connectivity index (χ1n) is 11.8. The Hall–Kier alpha value is -3.09. The molecule has 3 aliphatic heterocycles. The monoisotopic (exact) mass is 494 g/mol. The highest BCUT2D eigenvalue weighted by Crippen LogP contribution is 2.39. The molecule has 3 fully saturated rings. The molecule has 4 heterocycles. The van der Waals surface area contributed by atoms with E-state index in [-0.39, 0.29) is 24.4 Å². The third kappa shape index (κ3) is 5.44. The van der Waals surface area contributed by atoms with Crippen molar-refractivity contribution in [2.45, 2.75) is 96.2 Å². The van der Waals surface area contributed by atoms with Gasteiger partial charge in [-0.2, -0.15) is 0 Å². The van der Waals surface area contributed by atoms with Crippen molar-refractivity contribution in [1.29, 1.82) is 0 Å². The average Bonchev–Trinajstić information content (AvgIpc) is 3.41. The number of fused-ring (bicyclic) bond motifs is 2. The predicted molar refractivity (Wildman–Crippen MR) is 119 cm³/mol. The largest absolute Gasteiger partial charge is 0.444 e. The lowest BCUT2D eigenvalue weighted by atomic mass is 10.0. The van der Waals surface area contributed by atoms with Crippen LogP contribution in [0.3, 0.4) is 0 Å². The molecule has 4 atom stereocenters. The Morgan fingerprint density at radius 3 is 2.26 bits per heavy atom. The van der Waals surface area contributed by atoms with Gasteiger partial charge in [0.05, 0.1) is 12.1 Å². The zero-order valence-corrected chi connectivity index (χ0v) is 21.0. The molecule has 0 spiro atoms. The van der Waals surface area contributed by atoms with Gasteiger partial charge in [0.15, 0.2) is 0 Å². The zero-order valence-electron chi connectivity index (χ0n) is 21.0. The number of hydroxylamine groups is 2. The van der Waals surface area contributed by atoms with Gasteiger partial charge in [0, 0.05) is 13.1 Å². The summed E-state index contributed by atoms with van der Waals surface area (Å²) in [6.07, 6.45) is 0.340. The number of ether oxygens (including phenoxy) is 2. The van der Waals surface area contributed by atoms with E-state index in [2.05, 4.69) is 15.5 Å². The van der Waals surface area contributed by atoms with Crippen LogP contribution < -0.4 is 5.32 Å². The highest BCUT2D eigenvalue weighted by molar-refractivity contribution is 5.76. The molecule has 35 heavy (non-hydrogen) atoms. The third-order valence-corrected chi connectivity index (χ3v) is 6.02. The van der Waals surface area contributed by atoms with E-state index in [1.807, 2.05) is 0 Å². The first-order chi connectivity index (χ1) is 16.2. The summed E-state index contributed by atoms with van der Waals surface area (Å²) in [4.78, 5) is 40.6. The van der Waals surface area contributed by atoms with Gasteiger partial charge in [-0.25, -0.2) is 19.4 Å². The van der Waals surface area contributed by atoms with Crippen molar-refractivity contribution in [3.63, 3.8) is 0 Å². The molecule has 2 N–H and O–H groups in total. The topological polar surface area (TPSA) is 151 Å². The molecule has 13 nitrogen and oxygen atoms in total. The number of carbonyl (C=O) groups excluding carboxylic acids is 3. The SMILES string of the molecule is CC(C)(C)OC(=O)N[C@@H]1C[C@@H](c2nnc([C@@H]3CC[C@H]4CN3C(=O)N4O)o2)N(C(=O)OC(C)(C)C)C1. The number of aromatic nitrogens is 2. The van der Waals surface area contributed by atoms with Gasteiger partial charge >= 0.3 is 18.2 Å². The maximum Gasteiger partial charge on any atom is 0.411 e. The minimum atomic E-state index is -0.719. The lowest BCUT2D eigenvalue weighted by molar-refractivity contribution is -0.0584. The minimum Gasteiger partial charge on any atom is -0.444 e. The standard InChI is InChI=1S/C22H34N6O7/c1-21(2,3)34-18(29)23-12-9-15(27(10-12)20(31)35-22(4,5)6)17-25-24-16(33-17)14-8-7-13-11-26(14)19(30)28(13)32/h12-15,32H,7-11H2,1-6H3,(H,23,29)/t12-,13+,14+,15+/m1/s1. The Balaban J connectivity index is 1.52. The van der Waals surface area contributed by atoms with Crippen LogP contribution in [0.5, 0.6) is 0 Å². The molecule has 3 aliphatic rings. The number of nitrogens with zero attached hydrogens (tertiary/aromatic N) is 5. The summed E-state index contributed by atoms with van der Waals surface area (Å²) < 4.78 is 16.9. The number of carbonyl (C=O) groups is 3. The second kappa shape index (κ2) is 8.85. The van der Waals surface area contributed by atoms with Crippen molar-refractivity contribution in [3.8, 4) is 0 Å². The van der Waals surface area contributed by atoms with Crippen molar-refractivity contribution < 1.29 is 33.5 Å². The normalized spacial score (nSPS) is 26.8. The van der Waals surface area contributed by atoms with Crippen LogP contribution in [0.25, 0.3) is 0 Å². The highest BCUT2D eigenvalue weighted by atomic mass is 16.6. The van der Waals surface area contributed by atoms with Gasteiger partial charge in [0.25, 0.3) is 0 Å². The van der Waals surface area contributed by atoms with Gasteiger partial charge in [-0.05, 0) is 60.8 Å². The maximum atomic E-state index is 13.0. The van der Waals surface area contributed by atoms with E-state index in [1.165, 1.54) is 9.80 Å². The van der Waals surface area contributed by atoms with E-state index in [9.17, 15) is 19.6 Å². The Labute approximate surface area is 203 Å². The Kier molecular flexibility index (Phi) is 6.32. The van der Waals surface area contributed by atoms with Crippen LogP contribution >= 0.6 is 0 Å². The Bertz CT molecular complexity index is 984. The van der Waals surface area contributed by atoms with Gasteiger partial charge in [0.1, 0.15) is 23.3 Å². The van der Waals surface area contributed by atoms with Crippen LogP contribution in [0.15, 0.2) is 4.42 Å². The second-order valence-corrected chi connectivity index (χ2v) is 11.2. The molecule has 0 unspecified atom stereocenters. The first kappa shape index (κ1) is 25.0. The van der Waals surface area contributed by atoms with Gasteiger partial charge in [-0.15, -0.1) is 10.2 Å². The van der Waals surface area contributed by atoms with Gasteiger partial charge in [-0.3, -0.25) is 10.1 Å². The van der Waals surface area contributed by atoms with Gasteiger partial charge in [0.2, 0.25) is 11.8 Å². The van der Waals surface area contributed by atoms with E-state index < -0.39 is 47.5 Å². The summed E-state index contributed by atoms with van der Waals surface area (Å²) >= 11 is 0. The number of amides is 4. The fraction of sp³-hybridized carbons (Fsp3) is 0.773. The van der Waals surface area contributed by atoms with Gasteiger partial charge < -0.3 is 24.1 Å². The molecule has 194 valence electrons. The van der Waals surface area contributed by atoms with Crippen LogP contribution in [-0.4, -0.2) is 84.9 Å². The summed E-state index contributed by atoms with van der Waals surface area (Å²) in [5, 5.41) is 21.8. The Morgan fingerprint density at radius 1 is 1.00 bits per heavy atom. The third-order valence-electron chi connectivity index (χ3n) is 6.02. The van der Waals surface area contributed by atoms with E-state index >= 15 is 0 Å². The number of nitrogens with one attached hydrogen (secondary N) is 1. The Morgan fingerprint density at radius 2 is 1.63 bits per heavy atom. The molecule has 4 rings (SSSR count). The number of rotatable bonds is 3. The maximum absolute atomic E-state index is 13.0. The molecule has 0 radical (unpaired) electrons. The second-order valence-electron chi connectivity index (χ2n) is 11.2. The number of likely N-dealkylation sites (tertiary alicyclic amines) is 1. The van der Waals surface area contributed by atoms with E-state index in [0.717, 1.165) is 5.06 Å². The molecule has 2 bridgehead atoms. The summed E-state index contributed by atoms with van der Waals surface area (Å²) in [6, 6.07) is -2.24. The van der Waals surface area contributed by atoms with Crippen LogP contribution in [-0.2, 0) is 9.47 Å². The van der Waals surface area contributed by atoms with Crippen molar-refractivity contribution in [2.75, 3.05) is 13.1 Å². The molecule has 1 aromatic heterocycles. The smallest absolute Gasteiger partial charge is 0.411 e. The molecule has 0 saturated carbocycles. The first-order valence-corrected chi connectivity index (χ1v) is 11.8. The fourth-order valence-corrected chi connectivity index (χ4v) is 4.59. The number of alkyl carbamates (subject to hydrolysis) is 1. The molecular formula is C22H34N6O7. The van der Waals surface area contributed by atoms with Crippen molar-refractivity contribution in [3.05, 3.63) is 11.8 Å². The van der Waals surface area contributed by atoms with Crippen molar-refractivity contribution >= 4 is 18.2 Å². The van der Waals surface area contributed by atoms with Crippen LogP contribution in [0.2, 0.25) is 0 Å². The molecule has 0 aliphatic carbocycles.